The van der Waals surface area contributed by atoms with Crippen molar-refractivity contribution in [3.05, 3.63) is 35.8 Å². The van der Waals surface area contributed by atoms with E-state index >= 15 is 0 Å². The lowest BCUT2D eigenvalue weighted by molar-refractivity contribution is 0.123. The Hall–Kier alpha value is -2.58. The standard InChI is InChI=1S/C22H25N5O2S/c1-14-11-18(26-7-9-29-10-8-26)20-22(24-14)27(21(25-20)15-3-4-15)16-5-6-17(23-2)19(12-16)30-13-28/h5-6,11-13,15,23H,3-4,7-10H2,1-2H3. The first-order chi connectivity index (χ1) is 14.7. The average molecular weight is 424 g/mol. The predicted octanol–water partition coefficient (Wildman–Crippen LogP) is 3.77. The van der Waals surface area contributed by atoms with E-state index in [1.807, 2.05) is 20.0 Å². The Labute approximate surface area is 179 Å². The maximum atomic E-state index is 11.2. The monoisotopic (exact) mass is 423 g/mol. The summed E-state index contributed by atoms with van der Waals surface area (Å²) in [6, 6.07) is 8.28. The number of morpholine rings is 1. The Balaban J connectivity index is 1.72. The topological polar surface area (TPSA) is 72.3 Å². The van der Waals surface area contributed by atoms with Crippen LogP contribution >= 0.6 is 11.8 Å². The highest BCUT2D eigenvalue weighted by atomic mass is 32.2. The van der Waals surface area contributed by atoms with E-state index in [0.29, 0.717) is 5.92 Å². The number of anilines is 2. The predicted molar refractivity (Wildman–Crippen MR) is 121 cm³/mol. The molecule has 0 atom stereocenters. The van der Waals surface area contributed by atoms with Gasteiger partial charge < -0.3 is 15.0 Å². The highest BCUT2D eigenvalue weighted by molar-refractivity contribution is 8.12. The third kappa shape index (κ3) is 3.44. The number of thioether (sulfide) groups is 1. The van der Waals surface area contributed by atoms with Gasteiger partial charge in [0.2, 0.25) is 0 Å². The number of nitrogens with one attached hydrogen (secondary N) is 1. The number of fused-ring (bicyclic) bond motifs is 1. The zero-order valence-corrected chi connectivity index (χ0v) is 18.0. The minimum atomic E-state index is 0.461. The molecule has 0 radical (unpaired) electrons. The first kappa shape index (κ1) is 19.4. The van der Waals surface area contributed by atoms with E-state index in [2.05, 4.69) is 33.0 Å². The molecule has 0 unspecified atom stereocenters. The molecule has 8 heteroatoms. The number of ether oxygens (including phenoxy) is 1. The van der Waals surface area contributed by atoms with Crippen LogP contribution in [0.25, 0.3) is 16.9 Å². The molecule has 1 saturated heterocycles. The summed E-state index contributed by atoms with van der Waals surface area (Å²) < 4.78 is 7.74. The summed E-state index contributed by atoms with van der Waals surface area (Å²) >= 11 is 1.18. The van der Waals surface area contributed by atoms with Gasteiger partial charge in [-0.25, -0.2) is 9.97 Å². The summed E-state index contributed by atoms with van der Waals surface area (Å²) in [5.41, 5.74) is 6.74. The molecule has 0 spiro atoms. The van der Waals surface area contributed by atoms with Crippen LogP contribution in [0.2, 0.25) is 0 Å². The minimum absolute atomic E-state index is 0.461. The lowest BCUT2D eigenvalue weighted by atomic mass is 10.2. The molecular formula is C22H25N5O2S. The number of pyridine rings is 1. The first-order valence-corrected chi connectivity index (χ1v) is 11.2. The molecule has 0 amide bonds. The molecule has 2 aromatic heterocycles. The van der Waals surface area contributed by atoms with Gasteiger partial charge in [0, 0.05) is 42.3 Å². The maximum Gasteiger partial charge on any atom is 0.181 e. The van der Waals surface area contributed by atoms with Crippen LogP contribution in [-0.4, -0.2) is 53.5 Å². The Morgan fingerprint density at radius 2 is 2.00 bits per heavy atom. The molecular weight excluding hydrogens is 398 g/mol. The smallest absolute Gasteiger partial charge is 0.181 e. The molecule has 1 aliphatic heterocycles. The van der Waals surface area contributed by atoms with Crippen LogP contribution < -0.4 is 10.2 Å². The molecule has 2 aliphatic rings. The first-order valence-electron chi connectivity index (χ1n) is 10.3. The average Bonchev–Trinajstić information content (AvgIpc) is 3.54. The summed E-state index contributed by atoms with van der Waals surface area (Å²) in [4.78, 5) is 24.5. The van der Waals surface area contributed by atoms with Crippen molar-refractivity contribution in [2.24, 2.45) is 0 Å². The van der Waals surface area contributed by atoms with Gasteiger partial charge in [-0.1, -0.05) is 11.8 Å². The number of benzene rings is 1. The zero-order chi connectivity index (χ0) is 20.7. The lowest BCUT2D eigenvalue weighted by Crippen LogP contribution is -2.36. The van der Waals surface area contributed by atoms with E-state index in [1.165, 1.54) is 11.8 Å². The SMILES string of the molecule is CNc1ccc(-n2c(C3CC3)nc3c(N4CCOCC4)cc(C)nc32)cc1SC=O. The van der Waals surface area contributed by atoms with E-state index < -0.39 is 0 Å². The van der Waals surface area contributed by atoms with Crippen molar-refractivity contribution in [3.63, 3.8) is 0 Å². The van der Waals surface area contributed by atoms with E-state index in [0.717, 1.165) is 89.4 Å². The van der Waals surface area contributed by atoms with Gasteiger partial charge in [0.15, 0.2) is 11.3 Å². The molecule has 1 aromatic carbocycles. The van der Waals surface area contributed by atoms with E-state index in [1.54, 1.807) is 0 Å². The lowest BCUT2D eigenvalue weighted by Gasteiger charge is -2.29. The van der Waals surface area contributed by atoms with Crippen LogP contribution in [0.4, 0.5) is 11.4 Å². The van der Waals surface area contributed by atoms with Crippen molar-refractivity contribution in [1.29, 1.82) is 0 Å². The summed E-state index contributed by atoms with van der Waals surface area (Å²) in [5, 5.41) is 3.16. The molecule has 156 valence electrons. The zero-order valence-electron chi connectivity index (χ0n) is 17.2. The quantitative estimate of drug-likeness (QED) is 0.478. The van der Waals surface area contributed by atoms with Crippen LogP contribution in [-0.2, 0) is 9.53 Å². The van der Waals surface area contributed by atoms with E-state index in [4.69, 9.17) is 14.7 Å². The van der Waals surface area contributed by atoms with Crippen LogP contribution in [0.15, 0.2) is 29.2 Å². The number of aryl methyl sites for hydroxylation is 1. The molecule has 1 saturated carbocycles. The van der Waals surface area contributed by atoms with Gasteiger partial charge >= 0.3 is 0 Å². The molecule has 0 bridgehead atoms. The second-order valence-electron chi connectivity index (χ2n) is 7.78. The Bertz CT molecular complexity index is 1100. The highest BCUT2D eigenvalue weighted by Gasteiger charge is 2.32. The number of hydrogen-bond donors (Lipinski definition) is 1. The van der Waals surface area contributed by atoms with Crippen molar-refractivity contribution >= 4 is 39.9 Å². The Morgan fingerprint density at radius 3 is 2.70 bits per heavy atom. The fraction of sp³-hybridized carbons (Fsp3) is 0.409. The van der Waals surface area contributed by atoms with Gasteiger partial charge in [0.05, 0.1) is 24.6 Å². The maximum absolute atomic E-state index is 11.2. The van der Waals surface area contributed by atoms with Gasteiger partial charge in [-0.05, 0) is 44.0 Å². The molecule has 30 heavy (non-hydrogen) atoms. The molecule has 5 rings (SSSR count). The Morgan fingerprint density at radius 1 is 1.20 bits per heavy atom. The van der Waals surface area contributed by atoms with Crippen LogP contribution in [0.5, 0.6) is 0 Å². The molecule has 1 N–H and O–H groups in total. The van der Waals surface area contributed by atoms with Gasteiger partial charge in [-0.3, -0.25) is 9.36 Å². The summed E-state index contributed by atoms with van der Waals surface area (Å²) in [6.45, 7) is 5.23. The van der Waals surface area contributed by atoms with Crippen molar-refractivity contribution in [2.75, 3.05) is 43.6 Å². The minimum Gasteiger partial charge on any atom is -0.387 e. The number of rotatable bonds is 6. The van der Waals surface area contributed by atoms with E-state index in [9.17, 15) is 4.79 Å². The van der Waals surface area contributed by atoms with Crippen LogP contribution in [0.1, 0.15) is 30.3 Å². The summed E-state index contributed by atoms with van der Waals surface area (Å²) in [5.74, 6) is 1.53. The molecule has 2 fully saturated rings. The fourth-order valence-electron chi connectivity index (χ4n) is 4.09. The number of aromatic nitrogens is 3. The summed E-state index contributed by atoms with van der Waals surface area (Å²) in [7, 11) is 1.87. The largest absolute Gasteiger partial charge is 0.387 e. The van der Waals surface area contributed by atoms with Crippen molar-refractivity contribution < 1.29 is 9.53 Å². The number of nitrogens with zero attached hydrogens (tertiary/aromatic N) is 4. The molecule has 1 aliphatic carbocycles. The second kappa shape index (κ2) is 7.92. The second-order valence-corrected chi connectivity index (χ2v) is 8.65. The highest BCUT2D eigenvalue weighted by Crippen LogP contribution is 2.43. The van der Waals surface area contributed by atoms with Crippen LogP contribution in [0.3, 0.4) is 0 Å². The van der Waals surface area contributed by atoms with Gasteiger partial charge in [-0.2, -0.15) is 0 Å². The number of imidazole rings is 1. The molecule has 7 nitrogen and oxygen atoms in total. The third-order valence-corrected chi connectivity index (χ3v) is 6.40. The van der Waals surface area contributed by atoms with Crippen molar-refractivity contribution in [2.45, 2.75) is 30.6 Å². The number of carbonyl (C=O) groups is 1. The Kier molecular flexibility index (Phi) is 5.12. The van der Waals surface area contributed by atoms with Crippen molar-refractivity contribution in [1.82, 2.24) is 14.5 Å². The van der Waals surface area contributed by atoms with Gasteiger partial charge in [0.25, 0.3) is 0 Å². The molecule has 3 aromatic rings. The number of carbonyl (C=O) groups excluding carboxylic acids is 1. The normalized spacial score (nSPS) is 16.8. The third-order valence-electron chi connectivity index (χ3n) is 5.71. The van der Waals surface area contributed by atoms with Crippen molar-refractivity contribution in [3.8, 4) is 5.69 Å². The van der Waals surface area contributed by atoms with Crippen LogP contribution in [0, 0.1) is 6.92 Å². The molecule has 3 heterocycles. The van der Waals surface area contributed by atoms with Gasteiger partial charge in [-0.15, -0.1) is 0 Å². The van der Waals surface area contributed by atoms with Gasteiger partial charge in [0.1, 0.15) is 11.3 Å². The summed E-state index contributed by atoms with van der Waals surface area (Å²) in [6.07, 6.45) is 2.31. The van der Waals surface area contributed by atoms with E-state index in [-0.39, 0.29) is 0 Å². The fourth-order valence-corrected chi connectivity index (χ4v) is 4.68. The number of hydrogen-bond acceptors (Lipinski definition) is 7.